The number of nitrogens with zero attached hydrogens (tertiary/aromatic N) is 1. The molecule has 0 spiro atoms. The fraction of sp³-hybridized carbons (Fsp3) is 0.364. The number of rotatable bonds is 3. The van der Waals surface area contributed by atoms with Crippen LogP contribution in [-0.4, -0.2) is 24.0 Å². The molecule has 2 amide bonds. The smallest absolute Gasteiger partial charge is 0.321 e. The summed E-state index contributed by atoms with van der Waals surface area (Å²) in [6, 6.07) is 3.75. The van der Waals surface area contributed by atoms with E-state index in [1.807, 2.05) is 13.8 Å². The van der Waals surface area contributed by atoms with Crippen molar-refractivity contribution in [3.05, 3.63) is 24.0 Å². The van der Waals surface area contributed by atoms with Gasteiger partial charge in [-0.25, -0.2) is 9.18 Å². The molecule has 16 heavy (non-hydrogen) atoms. The fourth-order valence-corrected chi connectivity index (χ4v) is 1.34. The van der Waals surface area contributed by atoms with Crippen LogP contribution in [-0.2, 0) is 0 Å². The molecule has 0 bridgehead atoms. The average Bonchev–Trinajstić information content (AvgIpc) is 2.25. The largest absolute Gasteiger partial charge is 0.399 e. The molecule has 4 nitrogen and oxygen atoms in total. The zero-order valence-electron chi connectivity index (χ0n) is 9.46. The number of nitrogens with one attached hydrogen (secondary N) is 1. The molecule has 5 heteroatoms. The number of urea groups is 1. The zero-order valence-corrected chi connectivity index (χ0v) is 9.46. The molecule has 0 unspecified atom stereocenters. The van der Waals surface area contributed by atoms with Crippen molar-refractivity contribution in [3.8, 4) is 0 Å². The second kappa shape index (κ2) is 5.34. The normalized spacial score (nSPS) is 9.94. The van der Waals surface area contributed by atoms with Gasteiger partial charge in [0.05, 0.1) is 5.69 Å². The Labute approximate surface area is 94.2 Å². The van der Waals surface area contributed by atoms with Crippen LogP contribution in [0.5, 0.6) is 0 Å². The SMILES string of the molecule is CCN(CC)C(=O)Nc1cc(N)ccc1F. The predicted molar refractivity (Wildman–Crippen MR) is 62.8 cm³/mol. The van der Waals surface area contributed by atoms with Gasteiger partial charge in [0.15, 0.2) is 0 Å². The van der Waals surface area contributed by atoms with E-state index in [0.29, 0.717) is 18.8 Å². The molecule has 0 aliphatic carbocycles. The summed E-state index contributed by atoms with van der Waals surface area (Å²) in [5.41, 5.74) is 6.03. The van der Waals surface area contributed by atoms with E-state index in [-0.39, 0.29) is 11.7 Å². The van der Waals surface area contributed by atoms with Crippen LogP contribution in [0.4, 0.5) is 20.6 Å². The fourth-order valence-electron chi connectivity index (χ4n) is 1.34. The van der Waals surface area contributed by atoms with Gasteiger partial charge in [0.1, 0.15) is 5.82 Å². The number of nitrogens with two attached hydrogens (primary N) is 1. The Morgan fingerprint density at radius 3 is 2.62 bits per heavy atom. The Balaban J connectivity index is 2.80. The van der Waals surface area contributed by atoms with E-state index in [9.17, 15) is 9.18 Å². The molecule has 88 valence electrons. The quantitative estimate of drug-likeness (QED) is 0.775. The molecule has 3 N–H and O–H groups in total. The van der Waals surface area contributed by atoms with Crippen LogP contribution in [0.15, 0.2) is 18.2 Å². The average molecular weight is 225 g/mol. The van der Waals surface area contributed by atoms with Gasteiger partial charge in [0, 0.05) is 18.8 Å². The van der Waals surface area contributed by atoms with Gasteiger partial charge in [-0.2, -0.15) is 0 Å². The zero-order chi connectivity index (χ0) is 12.1. The lowest BCUT2D eigenvalue weighted by atomic mass is 10.2. The summed E-state index contributed by atoms with van der Waals surface area (Å²) in [7, 11) is 0. The molecule has 0 heterocycles. The third-order valence-electron chi connectivity index (χ3n) is 2.28. The molecule has 1 rings (SSSR count). The lowest BCUT2D eigenvalue weighted by Gasteiger charge is -2.19. The van der Waals surface area contributed by atoms with Gasteiger partial charge in [-0.1, -0.05) is 0 Å². The van der Waals surface area contributed by atoms with Gasteiger partial charge in [-0.3, -0.25) is 0 Å². The maximum atomic E-state index is 13.3. The predicted octanol–water partition coefficient (Wildman–Crippen LogP) is 2.28. The van der Waals surface area contributed by atoms with E-state index in [4.69, 9.17) is 5.73 Å². The minimum absolute atomic E-state index is 0.108. The highest BCUT2D eigenvalue weighted by Crippen LogP contribution is 2.17. The summed E-state index contributed by atoms with van der Waals surface area (Å²) in [6.45, 7) is 4.87. The number of benzene rings is 1. The molecule has 0 aliphatic heterocycles. The Hall–Kier alpha value is -1.78. The van der Waals surface area contributed by atoms with Crippen molar-refractivity contribution in [2.75, 3.05) is 24.1 Å². The molecule has 0 atom stereocenters. The second-order valence-electron chi connectivity index (χ2n) is 3.34. The summed E-state index contributed by atoms with van der Waals surface area (Å²) < 4.78 is 13.3. The van der Waals surface area contributed by atoms with Crippen molar-refractivity contribution in [2.45, 2.75) is 13.8 Å². The number of nitrogen functional groups attached to an aromatic ring is 1. The summed E-state index contributed by atoms with van der Waals surface area (Å²) >= 11 is 0. The first-order chi connectivity index (χ1) is 7.58. The number of hydrogen-bond donors (Lipinski definition) is 2. The number of halogens is 1. The molecule has 0 saturated heterocycles. The summed E-state index contributed by atoms with van der Waals surface area (Å²) in [5, 5.41) is 2.48. The van der Waals surface area contributed by atoms with Crippen molar-refractivity contribution in [3.63, 3.8) is 0 Å². The summed E-state index contributed by atoms with van der Waals surface area (Å²) in [6.07, 6.45) is 0. The summed E-state index contributed by atoms with van der Waals surface area (Å²) in [5.74, 6) is -0.491. The Kier molecular flexibility index (Phi) is 4.10. The first kappa shape index (κ1) is 12.3. The van der Waals surface area contributed by atoms with Crippen molar-refractivity contribution < 1.29 is 9.18 Å². The Morgan fingerprint density at radius 1 is 1.44 bits per heavy atom. The monoisotopic (exact) mass is 225 g/mol. The van der Waals surface area contributed by atoms with Crippen LogP contribution in [0.25, 0.3) is 0 Å². The minimum atomic E-state index is -0.491. The number of hydrogen-bond acceptors (Lipinski definition) is 2. The molecule has 0 radical (unpaired) electrons. The third-order valence-corrected chi connectivity index (χ3v) is 2.28. The van der Waals surface area contributed by atoms with Gasteiger partial charge >= 0.3 is 6.03 Å². The maximum absolute atomic E-state index is 13.3. The maximum Gasteiger partial charge on any atom is 0.321 e. The first-order valence-electron chi connectivity index (χ1n) is 5.19. The van der Waals surface area contributed by atoms with Crippen LogP contribution < -0.4 is 11.1 Å². The van der Waals surface area contributed by atoms with E-state index >= 15 is 0 Å². The van der Waals surface area contributed by atoms with Crippen LogP contribution >= 0.6 is 0 Å². The number of amides is 2. The van der Waals surface area contributed by atoms with Crippen LogP contribution in [0.1, 0.15) is 13.8 Å². The third kappa shape index (κ3) is 2.85. The van der Waals surface area contributed by atoms with Crippen molar-refractivity contribution in [1.29, 1.82) is 0 Å². The topological polar surface area (TPSA) is 58.4 Å². The Morgan fingerprint density at radius 2 is 2.06 bits per heavy atom. The molecule has 0 fully saturated rings. The van der Waals surface area contributed by atoms with Gasteiger partial charge in [0.2, 0.25) is 0 Å². The standard InChI is InChI=1S/C11H16FN3O/c1-3-15(4-2)11(16)14-10-7-8(13)5-6-9(10)12/h5-7H,3-4,13H2,1-2H3,(H,14,16). The highest BCUT2D eigenvalue weighted by molar-refractivity contribution is 5.89. The van der Waals surface area contributed by atoms with Gasteiger partial charge < -0.3 is 16.0 Å². The van der Waals surface area contributed by atoms with Crippen LogP contribution in [0.2, 0.25) is 0 Å². The molecule has 1 aromatic rings. The van der Waals surface area contributed by atoms with E-state index < -0.39 is 5.82 Å². The Bertz CT molecular complexity index is 377. The minimum Gasteiger partial charge on any atom is -0.399 e. The van der Waals surface area contributed by atoms with Crippen LogP contribution in [0.3, 0.4) is 0 Å². The van der Waals surface area contributed by atoms with Gasteiger partial charge in [0.25, 0.3) is 0 Å². The number of carbonyl (C=O) groups is 1. The number of anilines is 2. The molecular weight excluding hydrogens is 209 g/mol. The lowest BCUT2D eigenvalue weighted by Crippen LogP contribution is -2.34. The van der Waals surface area contributed by atoms with Crippen molar-refractivity contribution in [1.82, 2.24) is 4.90 Å². The van der Waals surface area contributed by atoms with Crippen molar-refractivity contribution in [2.24, 2.45) is 0 Å². The highest BCUT2D eigenvalue weighted by atomic mass is 19.1. The molecule has 0 aliphatic rings. The van der Waals surface area contributed by atoms with Crippen LogP contribution in [0, 0.1) is 5.82 Å². The lowest BCUT2D eigenvalue weighted by molar-refractivity contribution is 0.217. The van der Waals surface area contributed by atoms with E-state index in [1.165, 1.54) is 18.2 Å². The molecule has 0 aromatic heterocycles. The van der Waals surface area contributed by atoms with E-state index in [0.717, 1.165) is 0 Å². The van der Waals surface area contributed by atoms with Gasteiger partial charge in [-0.05, 0) is 32.0 Å². The van der Waals surface area contributed by atoms with Gasteiger partial charge in [-0.15, -0.1) is 0 Å². The van der Waals surface area contributed by atoms with E-state index in [1.54, 1.807) is 4.90 Å². The number of carbonyl (C=O) groups excluding carboxylic acids is 1. The molecule has 0 saturated carbocycles. The molecular formula is C11H16FN3O. The summed E-state index contributed by atoms with van der Waals surface area (Å²) in [4.78, 5) is 13.2. The molecule has 1 aromatic carbocycles. The first-order valence-corrected chi connectivity index (χ1v) is 5.19. The van der Waals surface area contributed by atoms with E-state index in [2.05, 4.69) is 5.32 Å². The second-order valence-corrected chi connectivity index (χ2v) is 3.34. The highest BCUT2D eigenvalue weighted by Gasteiger charge is 2.11. The van der Waals surface area contributed by atoms with Crippen molar-refractivity contribution >= 4 is 17.4 Å².